The maximum Gasteiger partial charge on any atom is 0.303 e. The molecule has 9 nitrogen and oxygen atoms in total. The molecular formula is C14H20O9. The Hall–Kier alpha value is -2.16. The van der Waals surface area contributed by atoms with Crippen molar-refractivity contribution in [3.8, 4) is 0 Å². The van der Waals surface area contributed by atoms with Gasteiger partial charge in [-0.3, -0.25) is 19.2 Å². The summed E-state index contributed by atoms with van der Waals surface area (Å²) >= 11 is 0. The van der Waals surface area contributed by atoms with Crippen LogP contribution in [0.4, 0.5) is 0 Å². The molecule has 5 atom stereocenters. The summed E-state index contributed by atoms with van der Waals surface area (Å²) in [7, 11) is 0. The molecule has 0 amide bonds. The van der Waals surface area contributed by atoms with E-state index in [2.05, 4.69) is 0 Å². The normalized spacial score (nSPS) is 30.6. The van der Waals surface area contributed by atoms with Crippen LogP contribution in [0.1, 0.15) is 29.1 Å². The van der Waals surface area contributed by atoms with E-state index in [4.69, 9.17) is 25.1 Å². The molecule has 0 N–H and O–H groups in total. The van der Waals surface area contributed by atoms with E-state index in [0.717, 1.165) is 20.8 Å². The molecule has 0 spiro atoms. The van der Waals surface area contributed by atoms with E-state index in [-0.39, 0.29) is 6.61 Å². The predicted octanol–water partition coefficient (Wildman–Crippen LogP) is -0.257. The second-order valence-electron chi connectivity index (χ2n) is 4.84. The number of hydrogen-bond donors (Lipinski definition) is 0. The highest BCUT2D eigenvalue weighted by Crippen LogP contribution is 2.24. The second kappa shape index (κ2) is 8.47. The van der Waals surface area contributed by atoms with E-state index in [0.29, 0.717) is 0 Å². The Morgan fingerprint density at radius 3 is 1.91 bits per heavy atom. The summed E-state index contributed by atoms with van der Waals surface area (Å²) in [6.45, 7) is 2.78. The van der Waals surface area contributed by atoms with Crippen molar-refractivity contribution in [2.75, 3.05) is 13.2 Å². The van der Waals surface area contributed by atoms with Crippen LogP contribution in [0.3, 0.4) is 0 Å². The van der Waals surface area contributed by atoms with Crippen LogP contribution in [-0.4, -0.2) is 61.5 Å². The van der Waals surface area contributed by atoms with Gasteiger partial charge >= 0.3 is 23.9 Å². The van der Waals surface area contributed by atoms with E-state index < -0.39 is 54.9 Å². The topological polar surface area (TPSA) is 114 Å². The third-order valence-corrected chi connectivity index (χ3v) is 2.76. The van der Waals surface area contributed by atoms with Crippen molar-refractivity contribution in [2.45, 2.75) is 52.1 Å². The van der Waals surface area contributed by atoms with Crippen LogP contribution in [0.15, 0.2) is 0 Å². The van der Waals surface area contributed by atoms with Gasteiger partial charge in [0.2, 0.25) is 0 Å². The number of hydrogen-bond acceptors (Lipinski definition) is 9. The Kier molecular flexibility index (Phi) is 6.33. The van der Waals surface area contributed by atoms with Gasteiger partial charge in [0.05, 0.1) is 7.95 Å². The molecule has 1 saturated heterocycles. The quantitative estimate of drug-likeness (QED) is 0.496. The smallest absolute Gasteiger partial charge is 0.303 e. The SMILES string of the molecule is [2H][C@H]1O[C@H](COC(C)=O)[C@@H](OC(C)=O)[C@H](OC(C)=O)[C@H]1OC(C)=O. The molecule has 1 heterocycles. The number of ether oxygens (including phenoxy) is 5. The molecular weight excluding hydrogens is 312 g/mol. The fraction of sp³-hybridized carbons (Fsp3) is 0.714. The van der Waals surface area contributed by atoms with Crippen LogP contribution in [0.25, 0.3) is 0 Å². The van der Waals surface area contributed by atoms with Crippen molar-refractivity contribution in [2.24, 2.45) is 0 Å². The Morgan fingerprint density at radius 1 is 0.913 bits per heavy atom. The van der Waals surface area contributed by atoms with Crippen molar-refractivity contribution < 1.29 is 44.2 Å². The Bertz CT molecular complexity index is 506. The Balaban J connectivity index is 3.11. The summed E-state index contributed by atoms with van der Waals surface area (Å²) < 4.78 is 33.2. The third kappa shape index (κ3) is 6.23. The lowest BCUT2D eigenvalue weighted by Gasteiger charge is -2.40. The fourth-order valence-electron chi connectivity index (χ4n) is 2.01. The lowest BCUT2D eigenvalue weighted by molar-refractivity contribution is -0.231. The van der Waals surface area contributed by atoms with Crippen molar-refractivity contribution in [1.29, 1.82) is 0 Å². The zero-order valence-corrected chi connectivity index (χ0v) is 13.3. The summed E-state index contributed by atoms with van der Waals surface area (Å²) in [6.07, 6.45) is -4.84. The van der Waals surface area contributed by atoms with Gasteiger partial charge in [0.1, 0.15) is 12.7 Å². The number of rotatable bonds is 5. The molecule has 1 fully saturated rings. The van der Waals surface area contributed by atoms with Gasteiger partial charge in [-0.2, -0.15) is 0 Å². The van der Waals surface area contributed by atoms with E-state index in [1.807, 2.05) is 0 Å². The van der Waals surface area contributed by atoms with Crippen LogP contribution >= 0.6 is 0 Å². The van der Waals surface area contributed by atoms with Crippen LogP contribution < -0.4 is 0 Å². The average Bonchev–Trinajstić information content (AvgIpc) is 2.42. The lowest BCUT2D eigenvalue weighted by Crippen LogP contribution is -2.58. The first-order chi connectivity index (χ1) is 11.1. The molecule has 9 heteroatoms. The first kappa shape index (κ1) is 17.2. The minimum absolute atomic E-state index is 0.326. The van der Waals surface area contributed by atoms with Crippen molar-refractivity contribution >= 4 is 23.9 Å². The van der Waals surface area contributed by atoms with Crippen molar-refractivity contribution in [1.82, 2.24) is 0 Å². The van der Waals surface area contributed by atoms with Gasteiger partial charge in [0.15, 0.2) is 18.3 Å². The standard InChI is InChI=1S/C14H20O9/c1-7(15)19-5-11-13(22-9(3)17)14(23-10(4)18)12(6-20-11)21-8(2)16/h11-14H,5-6H2,1-4H3/t11-,12+,13-,14-/m1/s1/i6D/t6-,11-,12+,13-,14-. The molecule has 0 bridgehead atoms. The molecule has 1 aliphatic rings. The summed E-state index contributed by atoms with van der Waals surface area (Å²) in [6, 6.07) is 0. The van der Waals surface area contributed by atoms with Gasteiger partial charge in [-0.15, -0.1) is 0 Å². The molecule has 1 rings (SSSR count). The summed E-state index contributed by atoms with van der Waals surface area (Å²) in [4.78, 5) is 44.9. The molecule has 23 heavy (non-hydrogen) atoms. The zero-order chi connectivity index (χ0) is 18.4. The van der Waals surface area contributed by atoms with E-state index >= 15 is 0 Å². The highest BCUT2D eigenvalue weighted by Gasteiger charge is 2.47. The van der Waals surface area contributed by atoms with Crippen molar-refractivity contribution in [3.63, 3.8) is 0 Å². The van der Waals surface area contributed by atoms with Gasteiger partial charge < -0.3 is 23.7 Å². The molecule has 1 aliphatic heterocycles. The summed E-state index contributed by atoms with van der Waals surface area (Å²) in [5.74, 6) is -2.76. The third-order valence-electron chi connectivity index (χ3n) is 2.76. The van der Waals surface area contributed by atoms with Crippen LogP contribution in [0.5, 0.6) is 0 Å². The summed E-state index contributed by atoms with van der Waals surface area (Å²) in [5.41, 5.74) is 0. The first-order valence-corrected chi connectivity index (χ1v) is 6.84. The summed E-state index contributed by atoms with van der Waals surface area (Å²) in [5, 5.41) is 0. The first-order valence-electron chi connectivity index (χ1n) is 7.42. The lowest BCUT2D eigenvalue weighted by atomic mass is 9.99. The Labute approximate surface area is 134 Å². The molecule has 0 aromatic heterocycles. The maximum absolute atomic E-state index is 11.4. The second-order valence-corrected chi connectivity index (χ2v) is 4.84. The molecule has 130 valence electrons. The van der Waals surface area contributed by atoms with E-state index in [1.165, 1.54) is 6.92 Å². The minimum atomic E-state index is -1.43. The molecule has 0 aliphatic carbocycles. The van der Waals surface area contributed by atoms with Gasteiger partial charge in [-0.05, 0) is 0 Å². The average molecular weight is 333 g/mol. The highest BCUT2D eigenvalue weighted by molar-refractivity contribution is 5.68. The minimum Gasteiger partial charge on any atom is -0.463 e. The molecule has 0 aromatic rings. The molecule has 0 saturated carbocycles. The van der Waals surface area contributed by atoms with Crippen molar-refractivity contribution in [3.05, 3.63) is 0 Å². The van der Waals surface area contributed by atoms with Crippen LogP contribution in [0, 0.1) is 0 Å². The molecule has 0 radical (unpaired) electrons. The zero-order valence-electron chi connectivity index (χ0n) is 14.3. The highest BCUT2D eigenvalue weighted by atomic mass is 16.7. The Morgan fingerprint density at radius 2 is 1.43 bits per heavy atom. The fourth-order valence-corrected chi connectivity index (χ4v) is 2.01. The molecule has 0 aromatic carbocycles. The van der Waals surface area contributed by atoms with Crippen LogP contribution in [0.2, 0.25) is 0 Å². The van der Waals surface area contributed by atoms with E-state index in [9.17, 15) is 19.2 Å². The number of carbonyl (C=O) groups is 4. The van der Waals surface area contributed by atoms with Gasteiger partial charge in [0.25, 0.3) is 0 Å². The number of esters is 4. The predicted molar refractivity (Wildman–Crippen MR) is 73.0 cm³/mol. The number of carbonyl (C=O) groups excluding carboxylic acids is 4. The van der Waals surface area contributed by atoms with Gasteiger partial charge in [-0.25, -0.2) is 0 Å². The van der Waals surface area contributed by atoms with Gasteiger partial charge in [0, 0.05) is 27.7 Å². The van der Waals surface area contributed by atoms with Crippen LogP contribution in [-0.2, 0) is 42.9 Å². The van der Waals surface area contributed by atoms with Gasteiger partial charge in [-0.1, -0.05) is 0 Å². The monoisotopic (exact) mass is 333 g/mol. The maximum atomic E-state index is 11.4. The molecule has 0 unspecified atom stereocenters. The van der Waals surface area contributed by atoms with E-state index in [1.54, 1.807) is 0 Å². The largest absolute Gasteiger partial charge is 0.463 e.